The number of pyridine rings is 1. The van der Waals surface area contributed by atoms with Gasteiger partial charge in [0.1, 0.15) is 5.69 Å². The minimum Gasteiger partial charge on any atom is -0.477 e. The Morgan fingerprint density at radius 3 is 2.88 bits per heavy atom. The maximum atomic E-state index is 13.0. The van der Waals surface area contributed by atoms with Crippen LogP contribution in [0.2, 0.25) is 0 Å². The van der Waals surface area contributed by atoms with E-state index in [1.807, 2.05) is 41.3 Å². The van der Waals surface area contributed by atoms with Crippen LogP contribution in [-0.2, 0) is 11.2 Å². The molecular weight excluding hydrogens is 440 g/mol. The fourth-order valence-corrected chi connectivity index (χ4v) is 4.16. The van der Waals surface area contributed by atoms with Crippen LogP contribution in [-0.4, -0.2) is 58.8 Å². The minimum atomic E-state index is -0.328. The Balaban J connectivity index is 1.35. The molecule has 0 saturated carbocycles. The van der Waals surface area contributed by atoms with Gasteiger partial charge in [-0.1, -0.05) is 6.07 Å². The number of ether oxygens (including phenoxy) is 2. The van der Waals surface area contributed by atoms with Crippen molar-refractivity contribution in [1.82, 2.24) is 19.9 Å². The van der Waals surface area contributed by atoms with Gasteiger partial charge in [0.2, 0.25) is 11.8 Å². The topological polar surface area (TPSA) is 102 Å². The monoisotopic (exact) mass is 462 g/mol. The van der Waals surface area contributed by atoms with E-state index in [9.17, 15) is 4.79 Å². The van der Waals surface area contributed by atoms with Crippen molar-refractivity contribution in [2.75, 3.05) is 43.1 Å². The number of fused-ring (bicyclic) bond motifs is 1. The van der Waals surface area contributed by atoms with E-state index in [1.54, 1.807) is 17.8 Å². The highest BCUT2D eigenvalue weighted by molar-refractivity contribution is 7.16. The van der Waals surface area contributed by atoms with E-state index in [1.165, 1.54) is 11.3 Å². The Labute approximate surface area is 194 Å². The summed E-state index contributed by atoms with van der Waals surface area (Å²) in [6, 6.07) is 12.9. The molecule has 9 nitrogen and oxygen atoms in total. The third-order valence-corrected chi connectivity index (χ3v) is 5.93. The zero-order valence-corrected chi connectivity index (χ0v) is 18.6. The fourth-order valence-electron chi connectivity index (χ4n) is 3.44. The number of rotatable bonds is 7. The number of nitrogens with one attached hydrogen (secondary N) is 1. The lowest BCUT2D eigenvalue weighted by Gasteiger charge is -2.27. The lowest BCUT2D eigenvalue weighted by Crippen LogP contribution is -2.37. The summed E-state index contributed by atoms with van der Waals surface area (Å²) in [4.78, 5) is 32.7. The molecule has 1 aliphatic rings. The Morgan fingerprint density at radius 1 is 1.12 bits per heavy atom. The molecule has 0 radical (unpaired) electrons. The lowest BCUT2D eigenvalue weighted by atomic mass is 10.3. The zero-order valence-electron chi connectivity index (χ0n) is 17.8. The molecule has 1 fully saturated rings. The van der Waals surface area contributed by atoms with Gasteiger partial charge in [0.25, 0.3) is 5.91 Å². The van der Waals surface area contributed by atoms with Gasteiger partial charge in [-0.3, -0.25) is 9.78 Å². The van der Waals surface area contributed by atoms with Crippen LogP contribution in [0.15, 0.2) is 54.2 Å². The highest BCUT2D eigenvalue weighted by Crippen LogP contribution is 2.23. The van der Waals surface area contributed by atoms with E-state index in [0.29, 0.717) is 56.8 Å². The second kappa shape index (κ2) is 9.88. The molecule has 0 atom stereocenters. The molecule has 3 aromatic heterocycles. The number of aromatic nitrogens is 4. The maximum Gasteiger partial charge on any atom is 0.274 e. The number of nitrogens with zero attached hydrogens (tertiary/aromatic N) is 5. The van der Waals surface area contributed by atoms with Crippen molar-refractivity contribution in [3.8, 4) is 5.88 Å². The van der Waals surface area contributed by atoms with Crippen molar-refractivity contribution in [3.63, 3.8) is 0 Å². The summed E-state index contributed by atoms with van der Waals surface area (Å²) in [6.45, 7) is 2.87. The first-order valence-corrected chi connectivity index (χ1v) is 11.5. The predicted molar refractivity (Wildman–Crippen MR) is 126 cm³/mol. The molecule has 4 aromatic rings. The van der Waals surface area contributed by atoms with Gasteiger partial charge in [-0.15, -0.1) is 11.3 Å². The van der Waals surface area contributed by atoms with Crippen molar-refractivity contribution in [2.45, 2.75) is 6.42 Å². The van der Waals surface area contributed by atoms with Gasteiger partial charge >= 0.3 is 0 Å². The largest absolute Gasteiger partial charge is 0.477 e. The summed E-state index contributed by atoms with van der Waals surface area (Å²) in [5.74, 6) is 0.479. The molecule has 0 bridgehead atoms. The Bertz CT molecular complexity index is 1240. The number of carbonyl (C=O) groups is 1. The average molecular weight is 463 g/mol. The molecule has 4 heterocycles. The smallest absolute Gasteiger partial charge is 0.274 e. The zero-order chi connectivity index (χ0) is 22.5. The van der Waals surface area contributed by atoms with Crippen LogP contribution < -0.4 is 15.0 Å². The van der Waals surface area contributed by atoms with Crippen molar-refractivity contribution in [2.24, 2.45) is 0 Å². The van der Waals surface area contributed by atoms with Gasteiger partial charge in [0, 0.05) is 43.2 Å². The van der Waals surface area contributed by atoms with E-state index in [-0.39, 0.29) is 11.6 Å². The number of benzene rings is 1. The summed E-state index contributed by atoms with van der Waals surface area (Å²) >= 11 is 1.52. The quantitative estimate of drug-likeness (QED) is 0.447. The van der Waals surface area contributed by atoms with Crippen LogP contribution in [0, 0.1) is 0 Å². The first-order chi connectivity index (χ1) is 16.2. The SMILES string of the molecule is O=C(Nc1ccc2ncsc2c1)c1cc(OCCc2ccccn2)nc(N2CCOCC2)n1. The standard InChI is InChI=1S/C23H22N6O3S/c30-22(26-17-4-5-18-20(13-17)33-15-25-18)19-14-21(32-10-6-16-3-1-2-7-24-16)28-23(27-19)29-8-11-31-12-9-29/h1-5,7,13-15H,6,8-12H2,(H,26,30). The molecule has 33 heavy (non-hydrogen) atoms. The van der Waals surface area contributed by atoms with E-state index in [4.69, 9.17) is 9.47 Å². The third-order valence-electron chi connectivity index (χ3n) is 5.14. The first-order valence-electron chi connectivity index (χ1n) is 10.6. The van der Waals surface area contributed by atoms with Crippen molar-refractivity contribution >= 4 is 39.1 Å². The number of thiazole rings is 1. The molecule has 0 spiro atoms. The summed E-state index contributed by atoms with van der Waals surface area (Å²) in [5.41, 5.74) is 4.53. The van der Waals surface area contributed by atoms with Gasteiger partial charge in [-0.2, -0.15) is 4.98 Å². The van der Waals surface area contributed by atoms with Gasteiger partial charge < -0.3 is 19.7 Å². The molecule has 1 N–H and O–H groups in total. The molecule has 5 rings (SSSR count). The first kappa shape index (κ1) is 21.2. The Kier molecular flexibility index (Phi) is 6.36. The van der Waals surface area contributed by atoms with Crippen LogP contribution in [0.1, 0.15) is 16.2 Å². The normalized spacial score (nSPS) is 13.8. The van der Waals surface area contributed by atoms with Crippen LogP contribution in [0.5, 0.6) is 5.88 Å². The van der Waals surface area contributed by atoms with E-state index in [2.05, 4.69) is 25.3 Å². The number of hydrogen-bond donors (Lipinski definition) is 1. The maximum absolute atomic E-state index is 13.0. The van der Waals surface area contributed by atoms with Crippen LogP contribution in [0.4, 0.5) is 11.6 Å². The fraction of sp³-hybridized carbons (Fsp3) is 0.261. The average Bonchev–Trinajstić information content (AvgIpc) is 3.33. The summed E-state index contributed by atoms with van der Waals surface area (Å²) in [5, 5.41) is 2.92. The highest BCUT2D eigenvalue weighted by atomic mass is 32.1. The minimum absolute atomic E-state index is 0.240. The second-order valence-corrected chi connectivity index (χ2v) is 8.29. The summed E-state index contributed by atoms with van der Waals surface area (Å²) in [6.07, 6.45) is 2.39. The summed E-state index contributed by atoms with van der Waals surface area (Å²) in [7, 11) is 0. The Morgan fingerprint density at radius 2 is 2.03 bits per heavy atom. The molecule has 0 aliphatic carbocycles. The molecule has 1 aliphatic heterocycles. The van der Waals surface area contributed by atoms with Crippen molar-refractivity contribution in [3.05, 3.63) is 65.6 Å². The predicted octanol–water partition coefficient (Wildman–Crippen LogP) is 3.19. The molecule has 168 valence electrons. The van der Waals surface area contributed by atoms with E-state index < -0.39 is 0 Å². The van der Waals surface area contributed by atoms with Crippen molar-refractivity contribution in [1.29, 1.82) is 0 Å². The lowest BCUT2D eigenvalue weighted by molar-refractivity contribution is 0.102. The van der Waals surface area contributed by atoms with Gasteiger partial charge in [-0.05, 0) is 30.3 Å². The molecule has 1 saturated heterocycles. The van der Waals surface area contributed by atoms with Gasteiger partial charge in [-0.25, -0.2) is 9.97 Å². The van der Waals surface area contributed by atoms with Gasteiger partial charge in [0.05, 0.1) is 35.5 Å². The third kappa shape index (κ3) is 5.24. The summed E-state index contributed by atoms with van der Waals surface area (Å²) < 4.78 is 12.3. The van der Waals surface area contributed by atoms with Crippen molar-refractivity contribution < 1.29 is 14.3 Å². The number of carbonyl (C=O) groups excluding carboxylic acids is 1. The van der Waals surface area contributed by atoms with Gasteiger partial charge in [0.15, 0.2) is 0 Å². The number of anilines is 2. The molecule has 1 aromatic carbocycles. The van der Waals surface area contributed by atoms with Crippen LogP contribution >= 0.6 is 11.3 Å². The second-order valence-electron chi connectivity index (χ2n) is 7.40. The van der Waals surface area contributed by atoms with Crippen LogP contribution in [0.3, 0.4) is 0 Å². The van der Waals surface area contributed by atoms with E-state index in [0.717, 1.165) is 15.9 Å². The molecule has 1 amide bonds. The molecular formula is C23H22N6O3S. The number of hydrogen-bond acceptors (Lipinski definition) is 9. The molecule has 0 unspecified atom stereocenters. The number of morpholine rings is 1. The number of amides is 1. The Hall–Kier alpha value is -3.63. The highest BCUT2D eigenvalue weighted by Gasteiger charge is 2.19. The van der Waals surface area contributed by atoms with E-state index >= 15 is 0 Å². The molecule has 10 heteroatoms. The van der Waals surface area contributed by atoms with Crippen LogP contribution in [0.25, 0.3) is 10.2 Å².